The van der Waals surface area contributed by atoms with Gasteiger partial charge in [0.05, 0.1) is 5.69 Å². The summed E-state index contributed by atoms with van der Waals surface area (Å²) in [4.78, 5) is 12.2. The summed E-state index contributed by atoms with van der Waals surface area (Å²) in [7, 11) is 2.06. The zero-order valence-electron chi connectivity index (χ0n) is 11.9. The molecule has 1 heterocycles. The van der Waals surface area contributed by atoms with Gasteiger partial charge in [-0.3, -0.25) is 0 Å². The Morgan fingerprint density at radius 2 is 1.86 bits per heavy atom. The van der Waals surface area contributed by atoms with Crippen LogP contribution in [0.4, 0.5) is 10.1 Å². The number of halogens is 2. The Kier molecular flexibility index (Phi) is 6.39. The van der Waals surface area contributed by atoms with E-state index in [1.165, 1.54) is 12.1 Å². The van der Waals surface area contributed by atoms with Crippen molar-refractivity contribution in [2.45, 2.75) is 0 Å². The lowest BCUT2D eigenvalue weighted by molar-refractivity contribution is 0.214. The number of hydrogen-bond donors (Lipinski definition) is 2. The van der Waals surface area contributed by atoms with Crippen LogP contribution in [0.15, 0.2) is 34.3 Å². The smallest absolute Gasteiger partial charge is 0.223 e. The van der Waals surface area contributed by atoms with E-state index in [2.05, 4.69) is 21.9 Å². The Labute approximate surface area is 129 Å². The fourth-order valence-corrected chi connectivity index (χ4v) is 1.93. The van der Waals surface area contributed by atoms with E-state index in [1.807, 2.05) is 4.90 Å². The molecular weight excluding hydrogens is 295 g/mol. The van der Waals surface area contributed by atoms with Gasteiger partial charge in [-0.25, -0.2) is 9.38 Å². The second kappa shape index (κ2) is 7.80. The molecule has 0 aromatic heterocycles. The van der Waals surface area contributed by atoms with Crippen molar-refractivity contribution < 1.29 is 4.39 Å². The third-order valence-electron chi connectivity index (χ3n) is 3.11. The molecule has 0 saturated carbocycles. The van der Waals surface area contributed by atoms with Crippen molar-refractivity contribution in [1.29, 1.82) is 0 Å². The number of rotatable bonds is 1. The van der Waals surface area contributed by atoms with Crippen molar-refractivity contribution in [1.82, 2.24) is 9.80 Å². The Bertz CT molecular complexity index is 525. The average molecular weight is 315 g/mol. The van der Waals surface area contributed by atoms with Crippen LogP contribution in [0.25, 0.3) is 0 Å². The molecule has 0 bridgehead atoms. The normalized spacial score (nSPS) is 17.5. The lowest BCUT2D eigenvalue weighted by Crippen LogP contribution is -2.50. The zero-order chi connectivity index (χ0) is 14.5. The standard InChI is InChI=1S/C13H19FN6.ClH/c1-19-5-7-20(8-6-19)13(16)18-12(15)17-11-4-2-3-10(14)9-11;/h2-4,9H,5-8H2,1H3,(H4,15,16,17,18);1H. The Morgan fingerprint density at radius 3 is 2.48 bits per heavy atom. The van der Waals surface area contributed by atoms with Gasteiger partial charge in [-0.1, -0.05) is 6.07 Å². The molecule has 1 aromatic rings. The van der Waals surface area contributed by atoms with E-state index in [9.17, 15) is 4.39 Å². The van der Waals surface area contributed by atoms with E-state index in [1.54, 1.807) is 12.1 Å². The molecule has 2 rings (SSSR count). The van der Waals surface area contributed by atoms with Crippen molar-refractivity contribution in [3.8, 4) is 0 Å². The Morgan fingerprint density at radius 1 is 1.19 bits per heavy atom. The lowest BCUT2D eigenvalue weighted by atomic mass is 10.3. The van der Waals surface area contributed by atoms with Gasteiger partial charge in [0.1, 0.15) is 5.82 Å². The third kappa shape index (κ3) is 5.20. The van der Waals surface area contributed by atoms with Crippen molar-refractivity contribution in [3.63, 3.8) is 0 Å². The van der Waals surface area contributed by atoms with Gasteiger partial charge in [-0.05, 0) is 25.2 Å². The molecule has 0 radical (unpaired) electrons. The first-order chi connectivity index (χ1) is 9.54. The van der Waals surface area contributed by atoms with Crippen LogP contribution in [0.5, 0.6) is 0 Å². The number of likely N-dealkylation sites (N-methyl/N-ethyl adjacent to an activating group) is 1. The predicted molar refractivity (Wildman–Crippen MR) is 85.6 cm³/mol. The van der Waals surface area contributed by atoms with Gasteiger partial charge < -0.3 is 21.3 Å². The van der Waals surface area contributed by atoms with Crippen LogP contribution in [0.2, 0.25) is 0 Å². The summed E-state index contributed by atoms with van der Waals surface area (Å²) in [5.74, 6) is -0.00199. The highest BCUT2D eigenvalue weighted by atomic mass is 35.5. The van der Waals surface area contributed by atoms with E-state index in [-0.39, 0.29) is 24.2 Å². The second-order valence-corrected chi connectivity index (χ2v) is 4.71. The molecule has 0 atom stereocenters. The first kappa shape index (κ1) is 17.2. The molecule has 0 spiro atoms. The summed E-state index contributed by atoms with van der Waals surface area (Å²) in [5, 5.41) is 0. The van der Waals surface area contributed by atoms with Crippen molar-refractivity contribution in [2.24, 2.45) is 21.5 Å². The lowest BCUT2D eigenvalue weighted by Gasteiger charge is -2.32. The number of nitrogens with zero attached hydrogens (tertiary/aromatic N) is 4. The molecule has 6 nitrogen and oxygen atoms in total. The molecule has 21 heavy (non-hydrogen) atoms. The van der Waals surface area contributed by atoms with E-state index >= 15 is 0 Å². The number of aliphatic imine (C=N–C) groups is 2. The summed E-state index contributed by atoms with van der Waals surface area (Å²) in [5.41, 5.74) is 12.0. The van der Waals surface area contributed by atoms with E-state index in [0.717, 1.165) is 26.2 Å². The topological polar surface area (TPSA) is 83.2 Å². The zero-order valence-corrected chi connectivity index (χ0v) is 12.7. The first-order valence-electron chi connectivity index (χ1n) is 6.42. The number of hydrogen-bond acceptors (Lipinski definition) is 2. The SMILES string of the molecule is CN1CCN(C(N)=NC(N)=Nc2cccc(F)c2)CC1.Cl. The van der Waals surface area contributed by atoms with Crippen LogP contribution >= 0.6 is 12.4 Å². The van der Waals surface area contributed by atoms with Crippen LogP contribution in [0.1, 0.15) is 0 Å². The highest BCUT2D eigenvalue weighted by molar-refractivity contribution is 5.94. The van der Waals surface area contributed by atoms with Crippen LogP contribution < -0.4 is 11.5 Å². The molecule has 1 aliphatic heterocycles. The molecular formula is C13H20ClFN6. The fourth-order valence-electron chi connectivity index (χ4n) is 1.93. The maximum Gasteiger partial charge on any atom is 0.223 e. The molecule has 0 unspecified atom stereocenters. The molecule has 1 saturated heterocycles. The molecule has 0 amide bonds. The highest BCUT2D eigenvalue weighted by Crippen LogP contribution is 2.12. The van der Waals surface area contributed by atoms with Gasteiger partial charge >= 0.3 is 0 Å². The van der Waals surface area contributed by atoms with Gasteiger partial charge in [0.15, 0.2) is 5.96 Å². The van der Waals surface area contributed by atoms with E-state index in [0.29, 0.717) is 11.6 Å². The maximum absolute atomic E-state index is 13.0. The first-order valence-corrected chi connectivity index (χ1v) is 6.42. The highest BCUT2D eigenvalue weighted by Gasteiger charge is 2.15. The van der Waals surface area contributed by atoms with Crippen molar-refractivity contribution in [3.05, 3.63) is 30.1 Å². The van der Waals surface area contributed by atoms with Crippen LogP contribution in [0, 0.1) is 5.82 Å². The average Bonchev–Trinajstić information content (AvgIpc) is 2.39. The quantitative estimate of drug-likeness (QED) is 0.592. The van der Waals surface area contributed by atoms with Gasteiger partial charge in [0.2, 0.25) is 5.96 Å². The summed E-state index contributed by atoms with van der Waals surface area (Å²) in [6.45, 7) is 3.46. The van der Waals surface area contributed by atoms with E-state index < -0.39 is 0 Å². The minimum atomic E-state index is -0.366. The summed E-state index contributed by atoms with van der Waals surface area (Å²) >= 11 is 0. The summed E-state index contributed by atoms with van der Waals surface area (Å²) < 4.78 is 13.0. The van der Waals surface area contributed by atoms with Crippen molar-refractivity contribution in [2.75, 3.05) is 33.2 Å². The van der Waals surface area contributed by atoms with Crippen molar-refractivity contribution >= 4 is 30.0 Å². The van der Waals surface area contributed by atoms with Crippen LogP contribution in [-0.4, -0.2) is 54.9 Å². The minimum absolute atomic E-state index is 0. The van der Waals surface area contributed by atoms with E-state index in [4.69, 9.17) is 11.5 Å². The third-order valence-corrected chi connectivity index (χ3v) is 3.11. The molecule has 1 aliphatic rings. The number of nitrogens with two attached hydrogens (primary N) is 2. The van der Waals surface area contributed by atoms with Gasteiger partial charge in [-0.2, -0.15) is 4.99 Å². The Hall–Kier alpha value is -1.86. The largest absolute Gasteiger partial charge is 0.369 e. The predicted octanol–water partition coefficient (Wildman–Crippen LogP) is 0.756. The number of piperazine rings is 1. The van der Waals surface area contributed by atoms with Gasteiger partial charge in [0, 0.05) is 26.2 Å². The Balaban J connectivity index is 0.00000220. The molecule has 8 heteroatoms. The molecule has 116 valence electrons. The van der Waals surface area contributed by atoms with Crippen LogP contribution in [0.3, 0.4) is 0 Å². The molecule has 1 aromatic carbocycles. The molecule has 4 N–H and O–H groups in total. The molecule has 1 fully saturated rings. The number of guanidine groups is 2. The fraction of sp³-hybridized carbons (Fsp3) is 0.385. The minimum Gasteiger partial charge on any atom is -0.369 e. The van der Waals surface area contributed by atoms with Gasteiger partial charge in [-0.15, -0.1) is 12.4 Å². The monoisotopic (exact) mass is 314 g/mol. The summed E-state index contributed by atoms with van der Waals surface area (Å²) in [6.07, 6.45) is 0. The summed E-state index contributed by atoms with van der Waals surface area (Å²) in [6, 6.07) is 5.85. The van der Waals surface area contributed by atoms with Gasteiger partial charge in [0.25, 0.3) is 0 Å². The van der Waals surface area contributed by atoms with Crippen LogP contribution in [-0.2, 0) is 0 Å². The maximum atomic E-state index is 13.0. The number of benzene rings is 1. The molecule has 0 aliphatic carbocycles. The second-order valence-electron chi connectivity index (χ2n) is 4.71.